The Morgan fingerprint density at radius 3 is 2.59 bits per heavy atom. The second kappa shape index (κ2) is 10.0. The molecule has 1 aliphatic carbocycles. The summed E-state index contributed by atoms with van der Waals surface area (Å²) in [5.74, 6) is 0.286. The predicted octanol–water partition coefficient (Wildman–Crippen LogP) is 1.16. The molecule has 1 atom stereocenters. The molecule has 2 fully saturated rings. The fraction of sp³-hybridized carbons (Fsp3) is 0.714. The third-order valence-corrected chi connectivity index (χ3v) is 7.24. The molecule has 0 spiro atoms. The van der Waals surface area contributed by atoms with Crippen molar-refractivity contribution < 1.29 is 19.1 Å². The van der Waals surface area contributed by atoms with Crippen LogP contribution >= 0.6 is 11.3 Å². The van der Waals surface area contributed by atoms with Crippen molar-refractivity contribution in [3.05, 3.63) is 21.4 Å². The highest BCUT2D eigenvalue weighted by Crippen LogP contribution is 2.33. The van der Waals surface area contributed by atoms with Crippen molar-refractivity contribution in [3.63, 3.8) is 0 Å². The van der Waals surface area contributed by atoms with Gasteiger partial charge in [-0.1, -0.05) is 0 Å². The van der Waals surface area contributed by atoms with E-state index in [2.05, 4.69) is 10.2 Å². The first kappa shape index (κ1) is 20.8. The van der Waals surface area contributed by atoms with Crippen molar-refractivity contribution in [1.29, 1.82) is 0 Å². The molecule has 7 nitrogen and oxygen atoms in total. The SMILES string of the molecule is O=C(NCCCN1CCOCC1)C1CCc2sc(C(=O)N3CCOCC3)cc2C1. The van der Waals surface area contributed by atoms with E-state index in [-0.39, 0.29) is 17.7 Å². The Morgan fingerprint density at radius 1 is 1.10 bits per heavy atom. The number of thiophene rings is 1. The number of aryl methyl sites for hydroxylation is 1. The van der Waals surface area contributed by atoms with Crippen molar-refractivity contribution in [3.8, 4) is 0 Å². The molecule has 2 aliphatic heterocycles. The summed E-state index contributed by atoms with van der Waals surface area (Å²) in [6.07, 6.45) is 3.48. The van der Waals surface area contributed by atoms with Crippen LogP contribution in [0.25, 0.3) is 0 Å². The summed E-state index contributed by atoms with van der Waals surface area (Å²) in [6.45, 7) is 7.90. The number of hydrogen-bond donors (Lipinski definition) is 1. The van der Waals surface area contributed by atoms with E-state index >= 15 is 0 Å². The number of carbonyl (C=O) groups is 2. The summed E-state index contributed by atoms with van der Waals surface area (Å²) in [5.41, 5.74) is 1.19. The van der Waals surface area contributed by atoms with E-state index in [9.17, 15) is 9.59 Å². The molecule has 4 rings (SSSR count). The summed E-state index contributed by atoms with van der Waals surface area (Å²) in [4.78, 5) is 31.7. The average Bonchev–Trinajstić information content (AvgIpc) is 3.21. The second-order valence-corrected chi connectivity index (χ2v) is 9.14. The maximum atomic E-state index is 12.7. The molecule has 160 valence electrons. The maximum Gasteiger partial charge on any atom is 0.264 e. The Morgan fingerprint density at radius 2 is 1.83 bits per heavy atom. The monoisotopic (exact) mass is 421 g/mol. The van der Waals surface area contributed by atoms with Crippen molar-refractivity contribution in [1.82, 2.24) is 15.1 Å². The van der Waals surface area contributed by atoms with Crippen molar-refractivity contribution in [2.24, 2.45) is 5.92 Å². The molecular weight excluding hydrogens is 390 g/mol. The molecule has 1 aromatic heterocycles. The number of rotatable bonds is 6. The lowest BCUT2D eigenvalue weighted by Gasteiger charge is -2.26. The fourth-order valence-electron chi connectivity index (χ4n) is 4.26. The van der Waals surface area contributed by atoms with Crippen molar-refractivity contribution in [2.45, 2.75) is 25.7 Å². The van der Waals surface area contributed by atoms with Crippen LogP contribution in [0.4, 0.5) is 0 Å². The quantitative estimate of drug-likeness (QED) is 0.698. The van der Waals surface area contributed by atoms with Crippen LogP contribution in [0, 0.1) is 5.92 Å². The molecule has 1 aromatic rings. The van der Waals surface area contributed by atoms with E-state index in [4.69, 9.17) is 9.47 Å². The van der Waals surface area contributed by atoms with E-state index in [0.717, 1.165) is 70.0 Å². The smallest absolute Gasteiger partial charge is 0.264 e. The van der Waals surface area contributed by atoms with E-state index < -0.39 is 0 Å². The normalized spacial score (nSPS) is 22.9. The molecule has 2 saturated heterocycles. The number of nitrogens with one attached hydrogen (secondary N) is 1. The molecule has 0 saturated carbocycles. The summed E-state index contributed by atoms with van der Waals surface area (Å²) < 4.78 is 10.7. The minimum Gasteiger partial charge on any atom is -0.379 e. The first-order chi connectivity index (χ1) is 14.2. The van der Waals surface area contributed by atoms with Crippen LogP contribution in [0.5, 0.6) is 0 Å². The van der Waals surface area contributed by atoms with Gasteiger partial charge in [0.15, 0.2) is 0 Å². The Balaban J connectivity index is 1.24. The highest BCUT2D eigenvalue weighted by molar-refractivity contribution is 7.14. The number of hydrogen-bond acceptors (Lipinski definition) is 6. The van der Waals surface area contributed by atoms with E-state index in [1.807, 2.05) is 11.0 Å². The highest BCUT2D eigenvalue weighted by Gasteiger charge is 2.28. The van der Waals surface area contributed by atoms with Gasteiger partial charge in [-0.3, -0.25) is 14.5 Å². The molecule has 29 heavy (non-hydrogen) atoms. The Hall–Kier alpha value is -1.48. The lowest BCUT2D eigenvalue weighted by atomic mass is 9.87. The number of nitrogens with zero attached hydrogens (tertiary/aromatic N) is 2. The molecule has 3 aliphatic rings. The molecular formula is C21H31N3O4S. The molecule has 1 N–H and O–H groups in total. The Labute approximate surface area is 176 Å². The second-order valence-electron chi connectivity index (χ2n) is 8.00. The van der Waals surface area contributed by atoms with Crippen LogP contribution < -0.4 is 5.32 Å². The van der Waals surface area contributed by atoms with Gasteiger partial charge in [-0.2, -0.15) is 0 Å². The molecule has 0 aromatic carbocycles. The first-order valence-corrected chi connectivity index (χ1v) is 11.6. The number of fused-ring (bicyclic) bond motifs is 1. The molecule has 1 unspecified atom stereocenters. The third kappa shape index (κ3) is 5.36. The van der Waals surface area contributed by atoms with Gasteiger partial charge in [0.2, 0.25) is 5.91 Å². The van der Waals surface area contributed by atoms with Gasteiger partial charge in [0.05, 0.1) is 31.3 Å². The number of amides is 2. The molecule has 0 radical (unpaired) electrons. The van der Waals surface area contributed by atoms with E-state index in [1.54, 1.807) is 11.3 Å². The number of ether oxygens (including phenoxy) is 2. The van der Waals surface area contributed by atoms with Gasteiger partial charge in [0.1, 0.15) is 0 Å². The minimum atomic E-state index is 0.0202. The van der Waals surface area contributed by atoms with Crippen LogP contribution in [-0.4, -0.2) is 87.3 Å². The largest absolute Gasteiger partial charge is 0.379 e. The summed E-state index contributed by atoms with van der Waals surface area (Å²) in [5, 5.41) is 3.12. The van der Waals surface area contributed by atoms with Crippen LogP contribution in [0.3, 0.4) is 0 Å². The van der Waals surface area contributed by atoms with E-state index in [0.29, 0.717) is 26.3 Å². The number of carbonyl (C=O) groups excluding carboxylic acids is 2. The summed E-state index contributed by atoms with van der Waals surface area (Å²) in [7, 11) is 0. The number of morpholine rings is 2. The van der Waals surface area contributed by atoms with Gasteiger partial charge in [-0.15, -0.1) is 11.3 Å². The van der Waals surface area contributed by atoms with Crippen LogP contribution in [0.2, 0.25) is 0 Å². The lowest BCUT2D eigenvalue weighted by Crippen LogP contribution is -2.40. The van der Waals surface area contributed by atoms with Crippen LogP contribution in [-0.2, 0) is 27.1 Å². The highest BCUT2D eigenvalue weighted by atomic mass is 32.1. The van der Waals surface area contributed by atoms with Gasteiger partial charge in [0, 0.05) is 43.5 Å². The topological polar surface area (TPSA) is 71.1 Å². The van der Waals surface area contributed by atoms with Gasteiger partial charge in [0.25, 0.3) is 5.91 Å². The molecule has 3 heterocycles. The van der Waals surface area contributed by atoms with Crippen LogP contribution in [0.15, 0.2) is 6.07 Å². The Bertz CT molecular complexity index is 711. The first-order valence-electron chi connectivity index (χ1n) is 10.8. The van der Waals surface area contributed by atoms with Crippen LogP contribution in [0.1, 0.15) is 33.0 Å². The zero-order valence-electron chi connectivity index (χ0n) is 17.0. The van der Waals surface area contributed by atoms with Gasteiger partial charge in [-0.05, 0) is 43.9 Å². The predicted molar refractivity (Wildman–Crippen MR) is 111 cm³/mol. The molecule has 0 bridgehead atoms. The zero-order chi connectivity index (χ0) is 20.1. The van der Waals surface area contributed by atoms with Crippen molar-refractivity contribution >= 4 is 23.2 Å². The summed E-state index contributed by atoms with van der Waals surface area (Å²) in [6, 6.07) is 2.02. The van der Waals surface area contributed by atoms with Crippen molar-refractivity contribution in [2.75, 3.05) is 65.7 Å². The van der Waals surface area contributed by atoms with Gasteiger partial charge >= 0.3 is 0 Å². The fourth-order valence-corrected chi connectivity index (χ4v) is 5.43. The zero-order valence-corrected chi connectivity index (χ0v) is 17.8. The standard InChI is InChI=1S/C21H31N3O4S/c25-20(22-4-1-5-23-6-10-27-11-7-23)16-2-3-18-17(14-16)15-19(29-18)21(26)24-8-12-28-13-9-24/h15-16H,1-14H2,(H,22,25). The van der Waals surface area contributed by atoms with Gasteiger partial charge in [-0.25, -0.2) is 0 Å². The van der Waals surface area contributed by atoms with Gasteiger partial charge < -0.3 is 19.7 Å². The third-order valence-electron chi connectivity index (χ3n) is 6.02. The minimum absolute atomic E-state index is 0.0202. The maximum absolute atomic E-state index is 12.7. The Kier molecular flexibility index (Phi) is 7.18. The van der Waals surface area contributed by atoms with E-state index in [1.165, 1.54) is 10.4 Å². The summed E-state index contributed by atoms with van der Waals surface area (Å²) >= 11 is 1.61. The molecule has 2 amide bonds. The lowest BCUT2D eigenvalue weighted by molar-refractivity contribution is -0.125. The molecule has 8 heteroatoms. The average molecular weight is 422 g/mol.